The molecule has 2 atom stereocenters. The molecule has 0 amide bonds. The van der Waals surface area contributed by atoms with Crippen LogP contribution in [0.5, 0.6) is 0 Å². The van der Waals surface area contributed by atoms with Crippen molar-refractivity contribution in [1.82, 2.24) is 0 Å². The number of hydrogen-bond acceptors (Lipinski definition) is 3. The van der Waals surface area contributed by atoms with E-state index in [4.69, 9.17) is 9.66 Å². The smallest absolute Gasteiger partial charge is 0.306 e. The second-order valence-electron chi connectivity index (χ2n) is 1.72. The van der Waals surface area contributed by atoms with Crippen LogP contribution < -0.4 is 0 Å². The van der Waals surface area contributed by atoms with E-state index in [0.29, 0.717) is 0 Å². The minimum Gasteiger partial charge on any atom is -0.481 e. The maximum atomic E-state index is 9.93. The first-order valence-corrected chi connectivity index (χ1v) is 3.55. The van der Waals surface area contributed by atoms with Gasteiger partial charge in [-0.25, -0.2) is 0 Å². The van der Waals surface area contributed by atoms with Crippen molar-refractivity contribution in [1.29, 1.82) is 0 Å². The molecule has 10 heavy (non-hydrogen) atoms. The minimum absolute atomic E-state index is 0.272. The summed E-state index contributed by atoms with van der Waals surface area (Å²) >= 11 is -2.38. The minimum atomic E-state index is -2.38. The first-order chi connectivity index (χ1) is 4.52. The summed E-state index contributed by atoms with van der Waals surface area (Å²) < 4.78 is 22.2. The molecule has 0 aromatic carbocycles. The summed E-state index contributed by atoms with van der Waals surface area (Å²) in [5.74, 6) is -1.06. The van der Waals surface area contributed by atoms with Crippen molar-refractivity contribution in [2.24, 2.45) is 0 Å². The molecule has 0 rings (SSSR count). The molecular weight excluding hydrogens is 160 g/mol. The Balaban J connectivity index is 3.53. The lowest BCUT2D eigenvalue weighted by Crippen LogP contribution is -2.14. The average Bonchev–Trinajstić information content (AvgIpc) is 1.58. The van der Waals surface area contributed by atoms with Crippen LogP contribution in [0.25, 0.3) is 0 Å². The van der Waals surface area contributed by atoms with Crippen LogP contribution in [0.3, 0.4) is 0 Å². The highest BCUT2D eigenvalue weighted by Gasteiger charge is 2.09. The molecule has 5 nitrogen and oxygen atoms in total. The summed E-state index contributed by atoms with van der Waals surface area (Å²) in [4.78, 5) is 9.93. The third kappa shape index (κ3) is 5.67. The van der Waals surface area contributed by atoms with Gasteiger partial charge in [0.05, 0.1) is 12.5 Å². The van der Waals surface area contributed by atoms with Gasteiger partial charge in [0, 0.05) is 0 Å². The molecule has 0 aliphatic rings. The van der Waals surface area contributed by atoms with E-state index < -0.39 is 23.4 Å². The van der Waals surface area contributed by atoms with Gasteiger partial charge in [0.15, 0.2) is 0 Å². The van der Waals surface area contributed by atoms with Gasteiger partial charge < -0.3 is 5.11 Å². The van der Waals surface area contributed by atoms with Crippen LogP contribution in [0.4, 0.5) is 0 Å². The number of carboxylic acids is 1. The Morgan fingerprint density at radius 2 is 2.30 bits per heavy atom. The summed E-state index contributed by atoms with van der Waals surface area (Å²) in [5.41, 5.74) is 0. The lowest BCUT2D eigenvalue weighted by Gasteiger charge is -2.03. The molecule has 0 saturated carbocycles. The predicted molar refractivity (Wildman–Crippen MR) is 33.6 cm³/mol. The number of carboxylic acid groups (broad SMARTS) is 1. The molecule has 0 aliphatic carbocycles. The lowest BCUT2D eigenvalue weighted by molar-refractivity contribution is -0.138. The molecule has 2 N–H and O–H groups in total. The highest BCUT2D eigenvalue weighted by Crippen LogP contribution is 1.97. The Labute approximate surface area is 60.5 Å². The van der Waals surface area contributed by atoms with E-state index in [1.165, 1.54) is 6.92 Å². The lowest BCUT2D eigenvalue weighted by atomic mass is 10.3. The maximum absolute atomic E-state index is 9.93. The quantitative estimate of drug-likeness (QED) is 0.577. The normalized spacial score (nSPS) is 16.2. The van der Waals surface area contributed by atoms with E-state index in [1.807, 2.05) is 0 Å². The van der Waals surface area contributed by atoms with Gasteiger partial charge >= 0.3 is 17.3 Å². The second-order valence-corrected chi connectivity index (χ2v) is 2.35. The van der Waals surface area contributed by atoms with Crippen LogP contribution in [0, 0.1) is 0 Å². The zero-order valence-electron chi connectivity index (χ0n) is 5.31. The van der Waals surface area contributed by atoms with Gasteiger partial charge in [0.1, 0.15) is 0 Å². The number of carbonyl (C=O) groups is 1. The molecule has 0 saturated heterocycles. The molecule has 0 heterocycles. The Bertz CT molecular complexity index is 129. The first-order valence-electron chi connectivity index (χ1n) is 2.52. The van der Waals surface area contributed by atoms with Crippen molar-refractivity contribution in [2.75, 3.05) is 0 Å². The number of rotatable bonds is 4. The zero-order chi connectivity index (χ0) is 8.15. The summed E-state index contributed by atoms with van der Waals surface area (Å²) in [6.07, 6.45) is -1.00. The number of aliphatic carboxylic acids is 1. The van der Waals surface area contributed by atoms with Crippen molar-refractivity contribution >= 4 is 17.3 Å². The zero-order valence-corrected chi connectivity index (χ0v) is 6.13. The van der Waals surface area contributed by atoms with Gasteiger partial charge in [-0.05, 0) is 6.92 Å². The maximum Gasteiger partial charge on any atom is 0.306 e. The molecule has 0 bridgehead atoms. The van der Waals surface area contributed by atoms with Crippen LogP contribution in [-0.2, 0) is 20.3 Å². The molecule has 0 spiro atoms. The fourth-order valence-corrected chi connectivity index (χ4v) is 0.770. The van der Waals surface area contributed by atoms with E-state index in [0.717, 1.165) is 0 Å². The van der Waals surface area contributed by atoms with Gasteiger partial charge in [0.2, 0.25) is 0 Å². The molecule has 0 aromatic rings. The molecule has 2 unspecified atom stereocenters. The fourth-order valence-electron chi connectivity index (χ4n) is 0.420. The molecule has 0 aromatic heterocycles. The van der Waals surface area contributed by atoms with Crippen molar-refractivity contribution < 1.29 is 22.8 Å². The van der Waals surface area contributed by atoms with E-state index in [-0.39, 0.29) is 6.42 Å². The van der Waals surface area contributed by atoms with Gasteiger partial charge in [-0.1, -0.05) is 0 Å². The van der Waals surface area contributed by atoms with Gasteiger partial charge in [-0.2, -0.15) is 4.21 Å². The Morgan fingerprint density at radius 1 is 1.80 bits per heavy atom. The Morgan fingerprint density at radius 3 is 2.60 bits per heavy atom. The van der Waals surface area contributed by atoms with Crippen molar-refractivity contribution in [3.8, 4) is 0 Å². The summed E-state index contributed by atoms with van der Waals surface area (Å²) in [6.45, 7) is 1.40. The largest absolute Gasteiger partial charge is 0.481 e. The monoisotopic (exact) mass is 168 g/mol. The molecule has 60 valence electrons. The SMILES string of the molecule is CC(CC(=O)O)OS(=O)O. The molecule has 0 aliphatic heterocycles. The summed E-state index contributed by atoms with van der Waals surface area (Å²) in [6, 6.07) is 0. The van der Waals surface area contributed by atoms with Crippen LogP contribution in [0.2, 0.25) is 0 Å². The second kappa shape index (κ2) is 4.37. The molecule has 6 heteroatoms. The molecule has 0 radical (unpaired) electrons. The van der Waals surface area contributed by atoms with Crippen LogP contribution in [0.1, 0.15) is 13.3 Å². The van der Waals surface area contributed by atoms with Crippen LogP contribution in [-0.4, -0.2) is 25.9 Å². The van der Waals surface area contributed by atoms with Gasteiger partial charge in [-0.3, -0.25) is 13.5 Å². The van der Waals surface area contributed by atoms with Gasteiger partial charge in [0.25, 0.3) is 0 Å². The van der Waals surface area contributed by atoms with Gasteiger partial charge in [-0.15, -0.1) is 0 Å². The third-order valence-corrected chi connectivity index (χ3v) is 1.20. The topological polar surface area (TPSA) is 83.8 Å². The Kier molecular flexibility index (Phi) is 4.17. The first kappa shape index (κ1) is 9.54. The van der Waals surface area contributed by atoms with E-state index in [1.54, 1.807) is 0 Å². The molecular formula is C4H8O5S. The average molecular weight is 168 g/mol. The Hall–Kier alpha value is -0.460. The molecule has 0 fully saturated rings. The van der Waals surface area contributed by atoms with E-state index >= 15 is 0 Å². The summed E-state index contributed by atoms with van der Waals surface area (Å²) in [5, 5.41) is 8.14. The van der Waals surface area contributed by atoms with Crippen molar-refractivity contribution in [3.63, 3.8) is 0 Å². The highest BCUT2D eigenvalue weighted by molar-refractivity contribution is 7.74. The number of hydrogen-bond donors (Lipinski definition) is 2. The van der Waals surface area contributed by atoms with E-state index in [2.05, 4.69) is 4.18 Å². The predicted octanol–water partition coefficient (Wildman–Crippen LogP) is 0.00290. The standard InChI is InChI=1S/C4H8O5S/c1-3(2-4(5)6)9-10(7)8/h3H,2H2,1H3,(H,5,6)(H,7,8). The van der Waals surface area contributed by atoms with Crippen molar-refractivity contribution in [2.45, 2.75) is 19.4 Å². The fraction of sp³-hybridized carbons (Fsp3) is 0.750. The highest BCUT2D eigenvalue weighted by atomic mass is 32.2. The van der Waals surface area contributed by atoms with E-state index in [9.17, 15) is 9.00 Å². The third-order valence-electron chi connectivity index (χ3n) is 0.709. The summed E-state index contributed by atoms with van der Waals surface area (Å²) in [7, 11) is 0. The van der Waals surface area contributed by atoms with Crippen LogP contribution >= 0.6 is 0 Å². The van der Waals surface area contributed by atoms with Crippen LogP contribution in [0.15, 0.2) is 0 Å². The van der Waals surface area contributed by atoms with Crippen molar-refractivity contribution in [3.05, 3.63) is 0 Å².